The molecule has 0 saturated heterocycles. The fourth-order valence-corrected chi connectivity index (χ4v) is 4.71. The first-order valence-corrected chi connectivity index (χ1v) is 13.2. The molecule has 1 aliphatic rings. The molecule has 0 unspecified atom stereocenters. The molecule has 3 aromatic carbocycles. The fraction of sp³-hybridized carbons (Fsp3) is 0.310. The largest absolute Gasteiger partial charge is 0.494 e. The Morgan fingerprint density at radius 1 is 1.11 bits per heavy atom. The highest BCUT2D eigenvalue weighted by atomic mass is 35.5. The molecule has 0 fully saturated rings. The van der Waals surface area contributed by atoms with Gasteiger partial charge in [0.25, 0.3) is 5.91 Å². The maximum Gasteiger partial charge on any atom is 0.266 e. The second-order valence-corrected chi connectivity index (χ2v) is 10.2. The van der Waals surface area contributed by atoms with Crippen molar-refractivity contribution >= 4 is 35.0 Å². The van der Waals surface area contributed by atoms with Crippen LogP contribution in [-0.2, 0) is 16.0 Å². The molecular formula is C29H31Cl2N3O4. The van der Waals surface area contributed by atoms with E-state index in [1.54, 1.807) is 30.3 Å². The van der Waals surface area contributed by atoms with Gasteiger partial charge >= 0.3 is 0 Å². The number of nitrogens with one attached hydrogen (secondary N) is 2. The smallest absolute Gasteiger partial charge is 0.266 e. The Morgan fingerprint density at radius 3 is 2.50 bits per heavy atom. The Morgan fingerprint density at radius 2 is 1.84 bits per heavy atom. The molecule has 7 nitrogen and oxygen atoms in total. The number of carbonyl (C=O) groups excluding carboxylic acids is 1. The van der Waals surface area contributed by atoms with E-state index in [9.17, 15) is 4.79 Å². The summed E-state index contributed by atoms with van der Waals surface area (Å²) in [6, 6.07) is 22.1. The summed E-state index contributed by atoms with van der Waals surface area (Å²) >= 11 is 12.8. The molecule has 4 rings (SSSR count). The lowest BCUT2D eigenvalue weighted by atomic mass is 9.82. The zero-order chi connectivity index (χ0) is 27.1. The number of aliphatic hydroxyl groups excluding tert-OH is 1. The lowest BCUT2D eigenvalue weighted by Crippen LogP contribution is -2.55. The van der Waals surface area contributed by atoms with E-state index in [0.717, 1.165) is 5.56 Å². The monoisotopic (exact) mass is 555 g/mol. The number of hydrogen-bond donors (Lipinski definition) is 3. The average Bonchev–Trinajstić information content (AvgIpc) is 3.28. The number of nitrogens with zero attached hydrogens (tertiary/aromatic N) is 1. The number of hydrazine groups is 1. The second-order valence-electron chi connectivity index (χ2n) is 9.37. The van der Waals surface area contributed by atoms with Crippen LogP contribution >= 0.6 is 23.2 Å². The minimum absolute atomic E-state index is 0.00874. The molecule has 9 heteroatoms. The van der Waals surface area contributed by atoms with Gasteiger partial charge in [0, 0.05) is 46.7 Å². The van der Waals surface area contributed by atoms with Crippen molar-refractivity contribution in [3.63, 3.8) is 0 Å². The van der Waals surface area contributed by atoms with E-state index in [4.69, 9.17) is 42.8 Å². The number of rotatable bonds is 11. The van der Waals surface area contributed by atoms with Crippen molar-refractivity contribution < 1.29 is 19.4 Å². The van der Waals surface area contributed by atoms with Gasteiger partial charge in [-0.15, -0.1) is 0 Å². The molecule has 200 valence electrons. The predicted molar refractivity (Wildman–Crippen MR) is 150 cm³/mol. The highest BCUT2D eigenvalue weighted by Crippen LogP contribution is 2.45. The Kier molecular flexibility index (Phi) is 9.28. The summed E-state index contributed by atoms with van der Waals surface area (Å²) in [7, 11) is 0. The number of aliphatic imine (C=N–C) groups is 1. The zero-order valence-electron chi connectivity index (χ0n) is 21.3. The molecule has 2 atom stereocenters. The lowest BCUT2D eigenvalue weighted by Gasteiger charge is -2.31. The summed E-state index contributed by atoms with van der Waals surface area (Å²) in [5, 5.41) is 9.85. The predicted octanol–water partition coefficient (Wildman–Crippen LogP) is 5.28. The van der Waals surface area contributed by atoms with Crippen LogP contribution in [0.5, 0.6) is 5.75 Å². The van der Waals surface area contributed by atoms with Gasteiger partial charge < -0.3 is 14.6 Å². The van der Waals surface area contributed by atoms with Gasteiger partial charge in [-0.25, -0.2) is 10.4 Å². The molecule has 1 heterocycles. The highest BCUT2D eigenvalue weighted by Gasteiger charge is 2.54. The van der Waals surface area contributed by atoms with Crippen LogP contribution in [0, 0.1) is 0 Å². The average molecular weight is 556 g/mol. The molecule has 0 saturated carbocycles. The highest BCUT2D eigenvalue weighted by molar-refractivity contribution is 6.35. The summed E-state index contributed by atoms with van der Waals surface area (Å²) in [5.74, 6) is 0.635. The van der Waals surface area contributed by atoms with E-state index in [0.29, 0.717) is 45.8 Å². The zero-order valence-corrected chi connectivity index (χ0v) is 22.8. The minimum atomic E-state index is -1.37. The maximum absolute atomic E-state index is 13.9. The van der Waals surface area contributed by atoms with Crippen molar-refractivity contribution in [1.82, 2.24) is 10.9 Å². The number of carbonyl (C=O) groups is 1. The summed E-state index contributed by atoms with van der Waals surface area (Å²) in [6.07, 6.45) is -0.00528. The summed E-state index contributed by atoms with van der Waals surface area (Å²) < 4.78 is 12.1. The van der Waals surface area contributed by atoms with Gasteiger partial charge in [0.15, 0.2) is 11.6 Å². The van der Waals surface area contributed by atoms with Crippen molar-refractivity contribution in [2.75, 3.05) is 13.2 Å². The quantitative estimate of drug-likeness (QED) is 0.221. The lowest BCUT2D eigenvalue weighted by molar-refractivity contribution is -0.130. The van der Waals surface area contributed by atoms with Crippen molar-refractivity contribution in [2.24, 2.45) is 4.99 Å². The van der Waals surface area contributed by atoms with Crippen LogP contribution in [0.3, 0.4) is 0 Å². The normalized spacial score (nSPS) is 18.7. The van der Waals surface area contributed by atoms with Gasteiger partial charge in [-0.2, -0.15) is 0 Å². The van der Waals surface area contributed by atoms with Crippen molar-refractivity contribution in [2.45, 2.75) is 44.4 Å². The molecule has 0 aliphatic carbocycles. The first-order chi connectivity index (χ1) is 18.3. The number of halogens is 2. The Bertz CT molecular complexity index is 1270. The summed E-state index contributed by atoms with van der Waals surface area (Å²) in [6.45, 7) is 4.34. The first-order valence-electron chi connectivity index (χ1n) is 12.5. The van der Waals surface area contributed by atoms with E-state index in [-0.39, 0.29) is 25.0 Å². The van der Waals surface area contributed by atoms with Crippen LogP contribution in [0.25, 0.3) is 0 Å². The van der Waals surface area contributed by atoms with Gasteiger partial charge in [-0.05, 0) is 55.8 Å². The Labute approximate surface area is 232 Å². The van der Waals surface area contributed by atoms with E-state index in [1.165, 1.54) is 0 Å². The summed E-state index contributed by atoms with van der Waals surface area (Å²) in [4.78, 5) is 18.9. The topological polar surface area (TPSA) is 92.2 Å². The van der Waals surface area contributed by atoms with Crippen LogP contribution < -0.4 is 15.6 Å². The molecule has 3 N–H and O–H groups in total. The van der Waals surface area contributed by atoms with Gasteiger partial charge in [0.1, 0.15) is 5.75 Å². The second kappa shape index (κ2) is 12.6. The first kappa shape index (κ1) is 27.9. The molecule has 0 spiro atoms. The van der Waals surface area contributed by atoms with Crippen molar-refractivity contribution in [1.29, 1.82) is 0 Å². The Balaban J connectivity index is 1.78. The molecule has 0 aromatic heterocycles. The Hall–Kier alpha value is -3.10. The fourth-order valence-electron chi connectivity index (χ4n) is 4.20. The van der Waals surface area contributed by atoms with Crippen LogP contribution in [0.15, 0.2) is 77.8 Å². The minimum Gasteiger partial charge on any atom is -0.494 e. The molecule has 38 heavy (non-hydrogen) atoms. The number of benzene rings is 3. The van der Waals surface area contributed by atoms with Gasteiger partial charge in [-0.1, -0.05) is 59.6 Å². The molecule has 1 amide bonds. The van der Waals surface area contributed by atoms with Gasteiger partial charge in [0.2, 0.25) is 5.90 Å². The van der Waals surface area contributed by atoms with Crippen LogP contribution in [0.1, 0.15) is 43.1 Å². The van der Waals surface area contributed by atoms with Gasteiger partial charge in [0.05, 0.1) is 6.61 Å². The molecule has 1 aliphatic heterocycles. The van der Waals surface area contributed by atoms with E-state index >= 15 is 0 Å². The number of amides is 1. The third-order valence-corrected chi connectivity index (χ3v) is 6.63. The van der Waals surface area contributed by atoms with Crippen molar-refractivity contribution in [3.05, 3.63) is 99.5 Å². The molecule has 0 bridgehead atoms. The van der Waals surface area contributed by atoms with E-state index in [1.807, 2.05) is 56.3 Å². The number of hydrogen-bond acceptors (Lipinski definition) is 6. The van der Waals surface area contributed by atoms with Crippen LogP contribution in [0.4, 0.5) is 0 Å². The van der Waals surface area contributed by atoms with Crippen LogP contribution in [-0.4, -0.2) is 41.7 Å². The SMILES string of the molecule is CC(C)NNC(=O)[C@@]1(Cc2ccccc2)N=C(c2ccc(OCCCO)cc2)O[C@H]1c1ccc(Cl)cc1Cl. The molecule has 0 radical (unpaired) electrons. The molecular weight excluding hydrogens is 525 g/mol. The number of ether oxygens (including phenoxy) is 2. The third-order valence-electron chi connectivity index (χ3n) is 6.07. The molecule has 3 aromatic rings. The van der Waals surface area contributed by atoms with Crippen LogP contribution in [0.2, 0.25) is 10.0 Å². The third kappa shape index (κ3) is 6.48. The van der Waals surface area contributed by atoms with E-state index < -0.39 is 11.6 Å². The maximum atomic E-state index is 13.9. The standard InChI is InChI=1S/C29H31Cl2N3O4/c1-19(2)33-34-28(36)29(18-20-7-4-3-5-8-20)26(24-14-11-22(30)17-25(24)31)38-27(32-29)21-9-12-23(13-10-21)37-16-6-15-35/h3-5,7-14,17,19,26,33,35H,6,15-16,18H2,1-2H3,(H,34,36)/t26-,29-/m0/s1. The summed E-state index contributed by atoms with van der Waals surface area (Å²) in [5.41, 5.74) is 6.69. The van der Waals surface area contributed by atoms with E-state index in [2.05, 4.69) is 10.9 Å². The van der Waals surface area contributed by atoms with Gasteiger partial charge in [-0.3, -0.25) is 10.2 Å². The van der Waals surface area contributed by atoms with Crippen molar-refractivity contribution in [3.8, 4) is 5.75 Å². The number of aliphatic hydroxyl groups is 1.